The Morgan fingerprint density at radius 2 is 1.69 bits per heavy atom. The maximum atomic E-state index is 3.48. The van der Waals surface area contributed by atoms with Gasteiger partial charge in [-0.1, -0.05) is 43.7 Å². The molecule has 2 nitrogen and oxygen atoms in total. The van der Waals surface area contributed by atoms with Gasteiger partial charge in [-0.15, -0.1) is 0 Å². The summed E-state index contributed by atoms with van der Waals surface area (Å²) >= 11 is 0. The van der Waals surface area contributed by atoms with Crippen LogP contribution in [0.1, 0.15) is 25.0 Å². The molecule has 0 saturated carbocycles. The largest absolute Gasteiger partial charge is 0.311 e. The van der Waals surface area contributed by atoms with Crippen molar-refractivity contribution < 1.29 is 0 Å². The quantitative estimate of drug-likeness (QED) is 0.710. The Kier molecular flexibility index (Phi) is 6.12. The molecule has 0 aliphatic carbocycles. The minimum atomic E-state index is 0.974. The molecule has 16 heavy (non-hydrogen) atoms. The fourth-order valence-electron chi connectivity index (χ4n) is 1.72. The first-order chi connectivity index (χ1) is 7.76. The molecule has 0 aromatic heterocycles. The van der Waals surface area contributed by atoms with Crippen LogP contribution in [0, 0.1) is 6.92 Å². The lowest BCUT2D eigenvalue weighted by atomic mass is 10.1. The minimum Gasteiger partial charge on any atom is -0.311 e. The third-order valence-electron chi connectivity index (χ3n) is 2.95. The number of rotatable bonds is 7. The zero-order valence-electron chi connectivity index (χ0n) is 10.8. The minimum absolute atomic E-state index is 0.974. The molecule has 2 heteroatoms. The van der Waals surface area contributed by atoms with E-state index in [9.17, 15) is 0 Å². The van der Waals surface area contributed by atoms with Gasteiger partial charge in [0.25, 0.3) is 0 Å². The van der Waals surface area contributed by atoms with Crippen molar-refractivity contribution in [2.75, 3.05) is 26.2 Å². The predicted molar refractivity (Wildman–Crippen MR) is 70.7 cm³/mol. The summed E-state index contributed by atoms with van der Waals surface area (Å²) in [5.74, 6) is 0. The molecular formula is C14H24N2. The second-order valence-corrected chi connectivity index (χ2v) is 4.19. The number of hydrogen-bond donors (Lipinski definition) is 1. The summed E-state index contributed by atoms with van der Waals surface area (Å²) in [6.45, 7) is 12.0. The van der Waals surface area contributed by atoms with Gasteiger partial charge in [0.1, 0.15) is 0 Å². The van der Waals surface area contributed by atoms with Crippen LogP contribution in [-0.2, 0) is 6.54 Å². The lowest BCUT2D eigenvalue weighted by Gasteiger charge is -2.18. The summed E-state index contributed by atoms with van der Waals surface area (Å²) in [5.41, 5.74) is 2.69. The monoisotopic (exact) mass is 220 g/mol. The molecule has 0 bridgehead atoms. The summed E-state index contributed by atoms with van der Waals surface area (Å²) < 4.78 is 0. The Labute approximate surface area is 99.7 Å². The Bertz CT molecular complexity index is 275. The molecule has 1 rings (SSSR count). The number of hydrogen-bond acceptors (Lipinski definition) is 2. The van der Waals surface area contributed by atoms with E-state index in [-0.39, 0.29) is 0 Å². The standard InChI is InChI=1S/C14H24N2/c1-4-16(5-2)11-10-15-12-14-8-6-13(3)7-9-14/h6-9,15H,4-5,10-12H2,1-3H3. The molecule has 0 radical (unpaired) electrons. The van der Waals surface area contributed by atoms with E-state index in [0.717, 1.165) is 32.7 Å². The van der Waals surface area contributed by atoms with Gasteiger partial charge in [-0.2, -0.15) is 0 Å². The van der Waals surface area contributed by atoms with Crippen molar-refractivity contribution in [1.82, 2.24) is 10.2 Å². The molecule has 90 valence electrons. The van der Waals surface area contributed by atoms with Crippen LogP contribution in [0.4, 0.5) is 0 Å². The van der Waals surface area contributed by atoms with Crippen molar-refractivity contribution in [3.05, 3.63) is 35.4 Å². The number of likely N-dealkylation sites (N-methyl/N-ethyl adjacent to an activating group) is 1. The van der Waals surface area contributed by atoms with Crippen LogP contribution in [0.15, 0.2) is 24.3 Å². The maximum absolute atomic E-state index is 3.48. The lowest BCUT2D eigenvalue weighted by Crippen LogP contribution is -2.31. The Hall–Kier alpha value is -0.860. The second-order valence-electron chi connectivity index (χ2n) is 4.19. The highest BCUT2D eigenvalue weighted by Gasteiger charge is 1.97. The van der Waals surface area contributed by atoms with E-state index in [0.29, 0.717) is 0 Å². The molecule has 1 aromatic rings. The van der Waals surface area contributed by atoms with Crippen molar-refractivity contribution in [3.8, 4) is 0 Å². The smallest absolute Gasteiger partial charge is 0.0206 e. The molecular weight excluding hydrogens is 196 g/mol. The molecule has 0 aliphatic rings. The third kappa shape index (κ3) is 4.77. The lowest BCUT2D eigenvalue weighted by molar-refractivity contribution is 0.302. The highest BCUT2D eigenvalue weighted by Crippen LogP contribution is 2.02. The van der Waals surface area contributed by atoms with E-state index in [1.54, 1.807) is 0 Å². The summed E-state index contributed by atoms with van der Waals surface area (Å²) in [6, 6.07) is 8.72. The predicted octanol–water partition coefficient (Wildman–Crippen LogP) is 2.43. The Balaban J connectivity index is 2.18. The van der Waals surface area contributed by atoms with Gasteiger partial charge in [-0.25, -0.2) is 0 Å². The number of benzene rings is 1. The second kappa shape index (κ2) is 7.42. The van der Waals surface area contributed by atoms with Gasteiger partial charge in [-0.05, 0) is 25.6 Å². The van der Waals surface area contributed by atoms with Gasteiger partial charge < -0.3 is 10.2 Å². The number of aryl methyl sites for hydroxylation is 1. The van der Waals surface area contributed by atoms with Crippen molar-refractivity contribution in [2.24, 2.45) is 0 Å². The van der Waals surface area contributed by atoms with Crippen LogP contribution in [0.2, 0.25) is 0 Å². The van der Waals surface area contributed by atoms with E-state index in [4.69, 9.17) is 0 Å². The highest BCUT2D eigenvalue weighted by atomic mass is 15.1. The fraction of sp³-hybridized carbons (Fsp3) is 0.571. The van der Waals surface area contributed by atoms with Crippen LogP contribution in [0.25, 0.3) is 0 Å². The topological polar surface area (TPSA) is 15.3 Å². The van der Waals surface area contributed by atoms with E-state index in [1.807, 2.05) is 0 Å². The van der Waals surface area contributed by atoms with Gasteiger partial charge in [0.05, 0.1) is 0 Å². The first-order valence-corrected chi connectivity index (χ1v) is 6.24. The van der Waals surface area contributed by atoms with Gasteiger partial charge in [-0.3, -0.25) is 0 Å². The van der Waals surface area contributed by atoms with Crippen LogP contribution in [-0.4, -0.2) is 31.1 Å². The summed E-state index contributed by atoms with van der Waals surface area (Å²) in [7, 11) is 0. The summed E-state index contributed by atoms with van der Waals surface area (Å²) in [4.78, 5) is 2.43. The van der Waals surface area contributed by atoms with Gasteiger partial charge in [0.2, 0.25) is 0 Å². The maximum Gasteiger partial charge on any atom is 0.0206 e. The summed E-state index contributed by atoms with van der Waals surface area (Å²) in [5, 5.41) is 3.48. The molecule has 1 aromatic carbocycles. The first-order valence-electron chi connectivity index (χ1n) is 6.24. The zero-order valence-corrected chi connectivity index (χ0v) is 10.8. The van der Waals surface area contributed by atoms with Crippen LogP contribution >= 0.6 is 0 Å². The Morgan fingerprint density at radius 1 is 1.06 bits per heavy atom. The molecule has 0 atom stereocenters. The normalized spacial score (nSPS) is 11.0. The number of nitrogens with one attached hydrogen (secondary N) is 1. The van der Waals surface area contributed by atoms with Crippen LogP contribution in [0.5, 0.6) is 0 Å². The molecule has 0 unspecified atom stereocenters. The zero-order chi connectivity index (χ0) is 11.8. The molecule has 0 heterocycles. The third-order valence-corrected chi connectivity index (χ3v) is 2.95. The fourth-order valence-corrected chi connectivity index (χ4v) is 1.72. The molecule has 1 N–H and O–H groups in total. The van der Waals surface area contributed by atoms with E-state index in [1.165, 1.54) is 11.1 Å². The molecule has 0 aliphatic heterocycles. The van der Waals surface area contributed by atoms with Gasteiger partial charge in [0, 0.05) is 19.6 Å². The average Bonchev–Trinajstić information content (AvgIpc) is 2.32. The average molecular weight is 220 g/mol. The first kappa shape index (κ1) is 13.2. The SMILES string of the molecule is CCN(CC)CCNCc1ccc(C)cc1. The van der Waals surface area contributed by atoms with E-state index < -0.39 is 0 Å². The van der Waals surface area contributed by atoms with Crippen molar-refractivity contribution in [2.45, 2.75) is 27.3 Å². The molecule has 0 spiro atoms. The Morgan fingerprint density at radius 3 is 2.25 bits per heavy atom. The molecule has 0 fully saturated rings. The van der Waals surface area contributed by atoms with Crippen LogP contribution < -0.4 is 5.32 Å². The van der Waals surface area contributed by atoms with Crippen molar-refractivity contribution >= 4 is 0 Å². The van der Waals surface area contributed by atoms with Crippen molar-refractivity contribution in [3.63, 3.8) is 0 Å². The summed E-state index contributed by atoms with van der Waals surface area (Å²) in [6.07, 6.45) is 0. The molecule has 0 amide bonds. The van der Waals surface area contributed by atoms with Gasteiger partial charge in [0.15, 0.2) is 0 Å². The molecule has 0 saturated heterocycles. The van der Waals surface area contributed by atoms with Gasteiger partial charge >= 0.3 is 0 Å². The van der Waals surface area contributed by atoms with Crippen molar-refractivity contribution in [1.29, 1.82) is 0 Å². The highest BCUT2D eigenvalue weighted by molar-refractivity contribution is 5.20. The number of nitrogens with zero attached hydrogens (tertiary/aromatic N) is 1. The van der Waals surface area contributed by atoms with E-state index in [2.05, 4.69) is 55.3 Å². The van der Waals surface area contributed by atoms with E-state index >= 15 is 0 Å². The van der Waals surface area contributed by atoms with Crippen LogP contribution in [0.3, 0.4) is 0 Å².